The molecule has 0 aliphatic heterocycles. The summed E-state index contributed by atoms with van der Waals surface area (Å²) in [6.45, 7) is 0. The Morgan fingerprint density at radius 1 is 0.309 bits per heavy atom. The minimum atomic E-state index is 0.679. The molecule has 0 atom stereocenters. The van der Waals surface area contributed by atoms with Gasteiger partial charge in [-0.2, -0.15) is 0 Å². The molecular weight excluding hydrogens is 669 g/mol. The van der Waals surface area contributed by atoms with Crippen molar-refractivity contribution in [1.82, 2.24) is 9.97 Å². The number of fused-ring (bicyclic) bond motifs is 3. The Hall–Kier alpha value is -7.36. The fraction of sp³-hybridized carbons (Fsp3) is 0. The van der Waals surface area contributed by atoms with Gasteiger partial charge in [-0.15, -0.1) is 0 Å². The predicted octanol–water partition coefficient (Wildman–Crippen LogP) is 14.0. The van der Waals surface area contributed by atoms with Gasteiger partial charge in [-0.05, 0) is 75.3 Å². The topological polar surface area (TPSA) is 38.9 Å². The van der Waals surface area contributed by atoms with Crippen molar-refractivity contribution >= 4 is 21.9 Å². The molecule has 0 aliphatic carbocycles. The van der Waals surface area contributed by atoms with Crippen molar-refractivity contribution in [3.63, 3.8) is 0 Å². The van der Waals surface area contributed by atoms with E-state index in [1.165, 1.54) is 16.7 Å². The van der Waals surface area contributed by atoms with Crippen LogP contribution in [0.4, 0.5) is 0 Å². The van der Waals surface area contributed by atoms with Gasteiger partial charge in [-0.3, -0.25) is 0 Å². The highest BCUT2D eigenvalue weighted by molar-refractivity contribution is 6.16. The van der Waals surface area contributed by atoms with Crippen molar-refractivity contribution in [2.24, 2.45) is 0 Å². The highest BCUT2D eigenvalue weighted by Crippen LogP contribution is 2.44. The Bertz CT molecular complexity index is 2900. The average Bonchev–Trinajstić information content (AvgIpc) is 3.66. The van der Waals surface area contributed by atoms with E-state index < -0.39 is 0 Å². The number of hydrogen-bond acceptors (Lipinski definition) is 3. The molecule has 0 amide bonds. The van der Waals surface area contributed by atoms with Gasteiger partial charge >= 0.3 is 0 Å². The van der Waals surface area contributed by atoms with Gasteiger partial charge < -0.3 is 4.42 Å². The van der Waals surface area contributed by atoms with Crippen molar-refractivity contribution in [3.05, 3.63) is 206 Å². The molecule has 0 saturated heterocycles. The summed E-state index contributed by atoms with van der Waals surface area (Å²) in [6.07, 6.45) is 0. The van der Waals surface area contributed by atoms with Crippen LogP contribution in [-0.2, 0) is 0 Å². The van der Waals surface area contributed by atoms with E-state index in [4.69, 9.17) is 14.4 Å². The van der Waals surface area contributed by atoms with Gasteiger partial charge in [-0.25, -0.2) is 9.97 Å². The van der Waals surface area contributed by atoms with Gasteiger partial charge in [0.2, 0.25) is 0 Å². The molecule has 10 aromatic rings. The molecule has 0 radical (unpaired) electrons. The molecule has 0 fully saturated rings. The van der Waals surface area contributed by atoms with Crippen LogP contribution in [0.25, 0.3) is 100 Å². The van der Waals surface area contributed by atoms with Crippen LogP contribution in [0.1, 0.15) is 0 Å². The molecule has 0 saturated carbocycles. The first-order valence-corrected chi connectivity index (χ1v) is 18.6. The Balaban J connectivity index is 1.24. The molecular formula is C52H34N2O. The zero-order valence-corrected chi connectivity index (χ0v) is 29.9. The molecule has 0 bridgehead atoms. The predicted molar refractivity (Wildman–Crippen MR) is 227 cm³/mol. The summed E-state index contributed by atoms with van der Waals surface area (Å²) >= 11 is 0. The smallest absolute Gasteiger partial charge is 0.160 e. The summed E-state index contributed by atoms with van der Waals surface area (Å²) in [5.74, 6) is 0.679. The third kappa shape index (κ3) is 6.18. The van der Waals surface area contributed by atoms with E-state index in [9.17, 15) is 0 Å². The first-order chi connectivity index (χ1) is 27.2. The standard InChI is InChI=1S/C52H34N2O/c1-5-16-35(17-6-1)39-24-13-26-41(30-39)43-32-45(42-27-14-25-40(31-42)36-18-7-2-8-19-36)51-46(33-43)50-44(28-15-29-49(50)55-51)48-34-47(37-20-9-3-10-21-37)53-52(54-48)38-22-11-4-12-23-38/h1-34H. The number of furan rings is 1. The van der Waals surface area contributed by atoms with E-state index in [0.29, 0.717) is 5.82 Å². The second-order valence-electron chi connectivity index (χ2n) is 13.8. The molecule has 2 aromatic heterocycles. The average molecular weight is 703 g/mol. The molecule has 55 heavy (non-hydrogen) atoms. The quantitative estimate of drug-likeness (QED) is 0.166. The molecule has 2 heterocycles. The van der Waals surface area contributed by atoms with Crippen LogP contribution in [0.3, 0.4) is 0 Å². The maximum absolute atomic E-state index is 6.92. The third-order valence-corrected chi connectivity index (χ3v) is 10.3. The maximum atomic E-state index is 6.92. The van der Waals surface area contributed by atoms with Crippen LogP contribution in [0.15, 0.2) is 211 Å². The minimum absolute atomic E-state index is 0.679. The highest BCUT2D eigenvalue weighted by atomic mass is 16.3. The van der Waals surface area contributed by atoms with Crippen LogP contribution in [0, 0.1) is 0 Å². The number of aromatic nitrogens is 2. The van der Waals surface area contributed by atoms with E-state index in [1.54, 1.807) is 0 Å². The first-order valence-electron chi connectivity index (χ1n) is 18.6. The number of rotatable bonds is 7. The minimum Gasteiger partial charge on any atom is -0.455 e. The molecule has 0 N–H and O–H groups in total. The second-order valence-corrected chi connectivity index (χ2v) is 13.8. The SMILES string of the molecule is c1ccc(-c2cccc(-c3cc(-c4cccc(-c5ccccc5)c4)c4oc5cccc(-c6cc(-c7ccccc7)nc(-c7ccccc7)n6)c5c4c3)c2)cc1. The Labute approximate surface area is 319 Å². The van der Waals surface area contributed by atoms with Gasteiger partial charge in [-0.1, -0.05) is 170 Å². The number of benzene rings is 8. The molecule has 8 aromatic carbocycles. The Kier molecular flexibility index (Phi) is 8.16. The molecule has 3 nitrogen and oxygen atoms in total. The maximum Gasteiger partial charge on any atom is 0.160 e. The van der Waals surface area contributed by atoms with E-state index in [2.05, 4.69) is 170 Å². The van der Waals surface area contributed by atoms with Gasteiger partial charge in [0.05, 0.1) is 11.4 Å². The van der Waals surface area contributed by atoms with Crippen molar-refractivity contribution in [1.29, 1.82) is 0 Å². The van der Waals surface area contributed by atoms with Gasteiger partial charge in [0, 0.05) is 33.0 Å². The van der Waals surface area contributed by atoms with E-state index >= 15 is 0 Å². The van der Waals surface area contributed by atoms with Crippen molar-refractivity contribution < 1.29 is 4.42 Å². The molecule has 3 heteroatoms. The highest BCUT2D eigenvalue weighted by Gasteiger charge is 2.20. The zero-order chi connectivity index (χ0) is 36.6. The lowest BCUT2D eigenvalue weighted by Crippen LogP contribution is -1.96. The largest absolute Gasteiger partial charge is 0.455 e. The fourth-order valence-electron chi connectivity index (χ4n) is 7.59. The normalized spacial score (nSPS) is 11.3. The van der Waals surface area contributed by atoms with E-state index in [0.717, 1.165) is 77.8 Å². The molecule has 10 rings (SSSR count). The van der Waals surface area contributed by atoms with E-state index in [-0.39, 0.29) is 0 Å². The fourth-order valence-corrected chi connectivity index (χ4v) is 7.59. The van der Waals surface area contributed by atoms with Gasteiger partial charge in [0.25, 0.3) is 0 Å². The summed E-state index contributed by atoms with van der Waals surface area (Å²) in [7, 11) is 0. The molecule has 0 spiro atoms. The van der Waals surface area contributed by atoms with Crippen molar-refractivity contribution in [2.45, 2.75) is 0 Å². The van der Waals surface area contributed by atoms with Crippen LogP contribution in [-0.4, -0.2) is 9.97 Å². The lowest BCUT2D eigenvalue weighted by molar-refractivity contribution is 0.670. The zero-order valence-electron chi connectivity index (χ0n) is 29.9. The van der Waals surface area contributed by atoms with Gasteiger partial charge in [0.15, 0.2) is 5.82 Å². The first kappa shape index (κ1) is 32.3. The van der Waals surface area contributed by atoms with Crippen molar-refractivity contribution in [2.75, 3.05) is 0 Å². The van der Waals surface area contributed by atoms with Crippen molar-refractivity contribution in [3.8, 4) is 78.4 Å². The van der Waals surface area contributed by atoms with Crippen LogP contribution < -0.4 is 0 Å². The number of nitrogens with zero attached hydrogens (tertiary/aromatic N) is 2. The van der Waals surface area contributed by atoms with Crippen LogP contribution in [0.2, 0.25) is 0 Å². The monoisotopic (exact) mass is 702 g/mol. The molecule has 258 valence electrons. The lowest BCUT2D eigenvalue weighted by Gasteiger charge is -2.12. The van der Waals surface area contributed by atoms with Crippen LogP contribution >= 0.6 is 0 Å². The Morgan fingerprint density at radius 2 is 0.800 bits per heavy atom. The van der Waals surface area contributed by atoms with E-state index in [1.807, 2.05) is 36.4 Å². The lowest BCUT2D eigenvalue weighted by atomic mass is 9.92. The summed E-state index contributed by atoms with van der Waals surface area (Å²) in [5.41, 5.74) is 15.4. The molecule has 0 unspecified atom stereocenters. The van der Waals surface area contributed by atoms with Gasteiger partial charge in [0.1, 0.15) is 11.2 Å². The number of hydrogen-bond donors (Lipinski definition) is 0. The Morgan fingerprint density at radius 3 is 1.44 bits per heavy atom. The summed E-state index contributed by atoms with van der Waals surface area (Å²) in [5, 5.41) is 2.06. The third-order valence-electron chi connectivity index (χ3n) is 10.3. The summed E-state index contributed by atoms with van der Waals surface area (Å²) < 4.78 is 6.92. The van der Waals surface area contributed by atoms with Crippen LogP contribution in [0.5, 0.6) is 0 Å². The molecule has 0 aliphatic rings. The summed E-state index contributed by atoms with van der Waals surface area (Å²) in [6, 6.07) is 72.1. The summed E-state index contributed by atoms with van der Waals surface area (Å²) in [4.78, 5) is 10.3. The second kappa shape index (κ2) is 13.9.